The Kier molecular flexibility index (Phi) is 4.62. The third-order valence-corrected chi connectivity index (χ3v) is 4.84. The van der Waals surface area contributed by atoms with Gasteiger partial charge in [0.25, 0.3) is 5.91 Å². The number of nitrogens with one attached hydrogen (secondary N) is 1. The molecule has 2 atom stereocenters. The summed E-state index contributed by atoms with van der Waals surface area (Å²) in [4.78, 5) is 11.8. The molecule has 1 N–H and O–H groups in total. The molecule has 116 valence electrons. The monoisotopic (exact) mass is 358 g/mol. The largest absolute Gasteiger partial charge is 0.482 e. The number of fused-ring (bicyclic) bond motifs is 1. The molecule has 0 heterocycles. The van der Waals surface area contributed by atoms with Crippen LogP contribution in [0.2, 0.25) is 15.1 Å². The zero-order valence-electron chi connectivity index (χ0n) is 11.5. The summed E-state index contributed by atoms with van der Waals surface area (Å²) in [5, 5.41) is 5.10. The molecule has 1 saturated carbocycles. The van der Waals surface area contributed by atoms with Crippen LogP contribution < -0.4 is 10.2 Å². The van der Waals surface area contributed by atoms with Gasteiger partial charge in [-0.25, -0.2) is 5.43 Å². The lowest BCUT2D eigenvalue weighted by molar-refractivity contribution is -0.123. The molecule has 2 aliphatic carbocycles. The lowest BCUT2D eigenvalue weighted by atomic mass is 9.74. The number of nitrogens with zero attached hydrogens (tertiary/aromatic N) is 1. The molecule has 4 nitrogen and oxygen atoms in total. The van der Waals surface area contributed by atoms with Crippen LogP contribution in [0.4, 0.5) is 0 Å². The van der Waals surface area contributed by atoms with Gasteiger partial charge in [0.1, 0.15) is 5.75 Å². The van der Waals surface area contributed by atoms with Gasteiger partial charge in [-0.05, 0) is 24.8 Å². The van der Waals surface area contributed by atoms with Crippen LogP contribution in [0, 0.1) is 11.8 Å². The van der Waals surface area contributed by atoms with Crippen molar-refractivity contribution in [1.82, 2.24) is 5.43 Å². The summed E-state index contributed by atoms with van der Waals surface area (Å²) in [6, 6.07) is 2.95. The van der Waals surface area contributed by atoms with Crippen LogP contribution in [-0.2, 0) is 4.79 Å². The topological polar surface area (TPSA) is 50.7 Å². The van der Waals surface area contributed by atoms with Gasteiger partial charge in [0.05, 0.1) is 15.1 Å². The number of hydrazone groups is 1. The number of amides is 1. The minimum absolute atomic E-state index is 0.194. The summed E-state index contributed by atoms with van der Waals surface area (Å²) in [5.41, 5.74) is 3.54. The van der Waals surface area contributed by atoms with Crippen molar-refractivity contribution in [3.63, 3.8) is 0 Å². The fraction of sp³-hybridized carbons (Fsp3) is 0.333. The van der Waals surface area contributed by atoms with E-state index in [1.54, 1.807) is 0 Å². The smallest absolute Gasteiger partial charge is 0.277 e. The van der Waals surface area contributed by atoms with E-state index < -0.39 is 0 Å². The lowest BCUT2D eigenvalue weighted by Crippen LogP contribution is -2.36. The first-order valence-electron chi connectivity index (χ1n) is 6.84. The summed E-state index contributed by atoms with van der Waals surface area (Å²) in [6.07, 6.45) is 6.30. The molecule has 2 aliphatic rings. The van der Waals surface area contributed by atoms with Crippen LogP contribution in [0.1, 0.15) is 12.8 Å². The Morgan fingerprint density at radius 2 is 2.05 bits per heavy atom. The maximum atomic E-state index is 11.8. The lowest BCUT2D eigenvalue weighted by Gasteiger charge is -2.31. The normalized spacial score (nSPS) is 24.0. The van der Waals surface area contributed by atoms with E-state index in [0.29, 0.717) is 32.7 Å². The van der Waals surface area contributed by atoms with E-state index in [0.717, 1.165) is 18.6 Å². The molecule has 0 unspecified atom stereocenters. The number of ether oxygens (including phenoxy) is 1. The minimum Gasteiger partial charge on any atom is -0.482 e. The molecule has 1 fully saturated rings. The van der Waals surface area contributed by atoms with Gasteiger partial charge in [0, 0.05) is 17.7 Å². The third-order valence-electron chi connectivity index (χ3n) is 3.82. The predicted molar refractivity (Wildman–Crippen MR) is 87.9 cm³/mol. The summed E-state index contributed by atoms with van der Waals surface area (Å²) in [7, 11) is 0. The maximum Gasteiger partial charge on any atom is 0.277 e. The van der Waals surface area contributed by atoms with Crippen LogP contribution in [0.3, 0.4) is 0 Å². The highest BCUT2D eigenvalue weighted by Crippen LogP contribution is 2.40. The van der Waals surface area contributed by atoms with Crippen LogP contribution in [-0.4, -0.2) is 18.2 Å². The van der Waals surface area contributed by atoms with Gasteiger partial charge < -0.3 is 4.74 Å². The molecule has 1 aromatic carbocycles. The number of hydrogen-bond acceptors (Lipinski definition) is 3. The van der Waals surface area contributed by atoms with E-state index in [1.807, 2.05) is 0 Å². The molecule has 0 saturated heterocycles. The second-order valence-electron chi connectivity index (χ2n) is 5.26. The van der Waals surface area contributed by atoms with Gasteiger partial charge in [-0.15, -0.1) is 0 Å². The SMILES string of the molecule is O=C(COc1cc(Cl)c(Cl)cc1Cl)N/N=C1\C[C@H]2C=CC[C@@H]12. The maximum absolute atomic E-state index is 11.8. The van der Waals surface area contributed by atoms with Crippen LogP contribution in [0.25, 0.3) is 0 Å². The molecular formula is C15H13Cl3N2O2. The van der Waals surface area contributed by atoms with E-state index in [-0.39, 0.29) is 12.5 Å². The Bertz CT molecular complexity index is 673. The van der Waals surface area contributed by atoms with Crippen molar-refractivity contribution >= 4 is 46.4 Å². The molecule has 22 heavy (non-hydrogen) atoms. The number of rotatable bonds is 4. The van der Waals surface area contributed by atoms with Crippen molar-refractivity contribution in [2.45, 2.75) is 12.8 Å². The molecule has 0 aliphatic heterocycles. The highest BCUT2D eigenvalue weighted by Gasteiger charge is 2.37. The molecule has 0 aromatic heterocycles. The standard InChI is InChI=1S/C15H13Cl3N2O2/c16-10-5-12(18)14(6-11(10)17)22-7-15(21)20-19-13-4-8-2-1-3-9(8)13/h1-2,5-6,8-9H,3-4,7H2,(H,20,21)/b19-13+/t8-,9-/m1/s1. The highest BCUT2D eigenvalue weighted by atomic mass is 35.5. The quantitative estimate of drug-likeness (QED) is 0.500. The summed E-state index contributed by atoms with van der Waals surface area (Å²) < 4.78 is 5.34. The molecular weight excluding hydrogens is 347 g/mol. The molecule has 0 spiro atoms. The van der Waals surface area contributed by atoms with Gasteiger partial charge in [0.2, 0.25) is 0 Å². The fourth-order valence-electron chi connectivity index (χ4n) is 2.59. The van der Waals surface area contributed by atoms with E-state index in [1.165, 1.54) is 12.1 Å². The van der Waals surface area contributed by atoms with Crippen molar-refractivity contribution < 1.29 is 9.53 Å². The average molecular weight is 360 g/mol. The summed E-state index contributed by atoms with van der Waals surface area (Å²) in [6.45, 7) is -0.194. The second kappa shape index (κ2) is 6.49. The van der Waals surface area contributed by atoms with Gasteiger partial charge >= 0.3 is 0 Å². The van der Waals surface area contributed by atoms with Gasteiger partial charge in [0.15, 0.2) is 6.61 Å². The van der Waals surface area contributed by atoms with E-state index in [4.69, 9.17) is 39.5 Å². The Morgan fingerprint density at radius 3 is 2.82 bits per heavy atom. The number of benzene rings is 1. The van der Waals surface area contributed by atoms with Crippen molar-refractivity contribution in [2.24, 2.45) is 16.9 Å². The second-order valence-corrected chi connectivity index (χ2v) is 6.48. The first kappa shape index (κ1) is 15.7. The van der Waals surface area contributed by atoms with Crippen molar-refractivity contribution in [3.8, 4) is 5.75 Å². The summed E-state index contributed by atoms with van der Waals surface area (Å²) >= 11 is 17.7. The highest BCUT2D eigenvalue weighted by molar-refractivity contribution is 6.43. The van der Waals surface area contributed by atoms with Crippen molar-refractivity contribution in [1.29, 1.82) is 0 Å². The van der Waals surface area contributed by atoms with Crippen molar-refractivity contribution in [3.05, 3.63) is 39.4 Å². The number of halogens is 3. The molecule has 0 bridgehead atoms. The van der Waals surface area contributed by atoms with Crippen LogP contribution >= 0.6 is 34.8 Å². The Hall–Kier alpha value is -1.23. The molecule has 1 aromatic rings. The Morgan fingerprint density at radius 1 is 1.27 bits per heavy atom. The van der Waals surface area contributed by atoms with E-state index in [9.17, 15) is 4.79 Å². The van der Waals surface area contributed by atoms with Crippen LogP contribution in [0.15, 0.2) is 29.4 Å². The zero-order valence-corrected chi connectivity index (χ0v) is 13.8. The van der Waals surface area contributed by atoms with Crippen molar-refractivity contribution in [2.75, 3.05) is 6.61 Å². The minimum atomic E-state index is -0.343. The molecule has 1 amide bonds. The van der Waals surface area contributed by atoms with Gasteiger partial charge in [-0.2, -0.15) is 5.10 Å². The Balaban J connectivity index is 1.51. The number of carbonyl (C=O) groups is 1. The number of carbonyl (C=O) groups excluding carboxylic acids is 1. The van der Waals surface area contributed by atoms with Gasteiger partial charge in [-0.3, -0.25) is 4.79 Å². The molecule has 7 heteroatoms. The van der Waals surface area contributed by atoms with E-state index in [2.05, 4.69) is 22.7 Å². The molecule has 3 rings (SSSR count). The number of hydrogen-bond donors (Lipinski definition) is 1. The third kappa shape index (κ3) is 3.24. The first-order chi connectivity index (χ1) is 10.5. The summed E-state index contributed by atoms with van der Waals surface area (Å²) in [5.74, 6) is 1.03. The predicted octanol–water partition coefficient (Wildman–Crippen LogP) is 4.09. The fourth-order valence-corrected chi connectivity index (χ4v) is 3.18. The van der Waals surface area contributed by atoms with Gasteiger partial charge in [-0.1, -0.05) is 47.0 Å². The van der Waals surface area contributed by atoms with Crippen LogP contribution in [0.5, 0.6) is 5.75 Å². The number of allylic oxidation sites excluding steroid dienone is 2. The first-order valence-corrected chi connectivity index (χ1v) is 7.97. The Labute approximate surface area is 143 Å². The average Bonchev–Trinajstić information content (AvgIpc) is 2.83. The zero-order chi connectivity index (χ0) is 15.7. The van der Waals surface area contributed by atoms with E-state index >= 15 is 0 Å². The molecule has 0 radical (unpaired) electrons.